The maximum absolute atomic E-state index is 3.58. The lowest BCUT2D eigenvalue weighted by molar-refractivity contribution is 0.581. The van der Waals surface area contributed by atoms with Gasteiger partial charge in [-0.2, -0.15) is 0 Å². The zero-order chi connectivity index (χ0) is 25.5. The Labute approximate surface area is 231 Å². The third-order valence-electron chi connectivity index (χ3n) is 6.66. The second-order valence-corrected chi connectivity index (χ2v) is 12.3. The zero-order valence-corrected chi connectivity index (χ0v) is 24.8. The van der Waals surface area contributed by atoms with Crippen molar-refractivity contribution in [1.29, 1.82) is 0 Å². The third-order valence-corrected chi connectivity index (χ3v) is 9.08. The van der Waals surface area contributed by atoms with Crippen molar-refractivity contribution in [2.24, 2.45) is 0 Å². The van der Waals surface area contributed by atoms with E-state index in [9.17, 15) is 0 Å². The van der Waals surface area contributed by atoms with E-state index in [1.54, 1.807) is 0 Å². The van der Waals surface area contributed by atoms with E-state index in [1.807, 2.05) is 21.6 Å². The molecule has 2 aromatic carbocycles. The van der Waals surface area contributed by atoms with Crippen molar-refractivity contribution in [2.75, 3.05) is 23.7 Å². The summed E-state index contributed by atoms with van der Waals surface area (Å²) in [5.74, 6) is 0. The minimum absolute atomic E-state index is 1.08. The molecular formula is C32H52N2S2. The molecule has 0 radical (unpaired) electrons. The summed E-state index contributed by atoms with van der Waals surface area (Å²) >= 11 is 0. The van der Waals surface area contributed by atoms with Crippen LogP contribution in [0.4, 0.5) is 11.4 Å². The highest BCUT2D eigenvalue weighted by Gasteiger charge is 2.00. The molecule has 2 N–H and O–H groups in total. The monoisotopic (exact) mass is 528 g/mol. The first-order chi connectivity index (χ1) is 17.8. The zero-order valence-electron chi connectivity index (χ0n) is 23.2. The Morgan fingerprint density at radius 3 is 1.06 bits per heavy atom. The van der Waals surface area contributed by atoms with Gasteiger partial charge in [0.2, 0.25) is 0 Å². The van der Waals surface area contributed by atoms with Crippen LogP contribution in [0.15, 0.2) is 58.3 Å². The predicted octanol–water partition coefficient (Wildman–Crippen LogP) is 11.6. The molecule has 0 saturated carbocycles. The second-order valence-electron chi connectivity index (χ2n) is 10.0. The van der Waals surface area contributed by atoms with Crippen LogP contribution in [-0.4, -0.2) is 13.1 Å². The number of anilines is 2. The standard InChI is InChI=1S/C32H52N2S2/c1-3-5-7-9-11-13-15-17-27-33-29-19-23-31(24-20-29)35-36-32-25-21-30(22-26-32)34-28-18-16-14-12-10-8-6-4-2/h19-26,33-34H,3-18,27-28H2,1-2H3. The molecule has 2 rings (SSSR count). The first-order valence-electron chi connectivity index (χ1n) is 14.8. The Hall–Kier alpha value is -1.26. The SMILES string of the molecule is CCCCCCCCCCNc1ccc(SSc2ccc(NCCCCCCCCCC)cc2)cc1. The van der Waals surface area contributed by atoms with E-state index in [1.165, 1.54) is 124 Å². The average Bonchev–Trinajstić information content (AvgIpc) is 2.91. The normalized spacial score (nSPS) is 11.1. The van der Waals surface area contributed by atoms with Gasteiger partial charge in [0.1, 0.15) is 0 Å². The number of hydrogen-bond donors (Lipinski definition) is 2. The van der Waals surface area contributed by atoms with Crippen LogP contribution in [0.3, 0.4) is 0 Å². The van der Waals surface area contributed by atoms with Crippen molar-refractivity contribution in [1.82, 2.24) is 0 Å². The Morgan fingerprint density at radius 1 is 0.417 bits per heavy atom. The highest BCUT2D eigenvalue weighted by molar-refractivity contribution is 8.76. The van der Waals surface area contributed by atoms with Crippen molar-refractivity contribution in [3.63, 3.8) is 0 Å². The van der Waals surface area contributed by atoms with E-state index in [4.69, 9.17) is 0 Å². The van der Waals surface area contributed by atoms with Gasteiger partial charge in [0.05, 0.1) is 0 Å². The average molecular weight is 529 g/mol. The van der Waals surface area contributed by atoms with Gasteiger partial charge in [-0.1, -0.05) is 125 Å². The van der Waals surface area contributed by atoms with E-state index in [0.717, 1.165) is 13.1 Å². The van der Waals surface area contributed by atoms with Crippen molar-refractivity contribution in [3.05, 3.63) is 48.5 Å². The quantitative estimate of drug-likeness (QED) is 0.111. The van der Waals surface area contributed by atoms with E-state index in [2.05, 4.69) is 73.0 Å². The number of benzene rings is 2. The van der Waals surface area contributed by atoms with Crippen molar-refractivity contribution < 1.29 is 0 Å². The Kier molecular flexibility index (Phi) is 18.7. The van der Waals surface area contributed by atoms with Gasteiger partial charge in [-0.3, -0.25) is 0 Å². The molecule has 2 aromatic rings. The summed E-state index contributed by atoms with van der Waals surface area (Å²) in [6.45, 7) is 6.72. The number of nitrogens with one attached hydrogen (secondary N) is 2. The van der Waals surface area contributed by atoms with Crippen LogP contribution in [0.25, 0.3) is 0 Å². The van der Waals surface area contributed by atoms with Crippen LogP contribution < -0.4 is 10.6 Å². The molecule has 202 valence electrons. The number of rotatable bonds is 23. The first kappa shape index (κ1) is 31.0. The topological polar surface area (TPSA) is 24.1 Å². The molecule has 0 atom stereocenters. The minimum Gasteiger partial charge on any atom is -0.385 e. The van der Waals surface area contributed by atoms with Gasteiger partial charge in [0.15, 0.2) is 0 Å². The summed E-state index contributed by atoms with van der Waals surface area (Å²) in [5.41, 5.74) is 2.47. The lowest BCUT2D eigenvalue weighted by Gasteiger charge is -2.09. The van der Waals surface area contributed by atoms with Gasteiger partial charge in [0, 0.05) is 34.3 Å². The summed E-state index contributed by atoms with van der Waals surface area (Å²) in [6, 6.07) is 17.8. The molecular weight excluding hydrogens is 477 g/mol. The maximum Gasteiger partial charge on any atom is 0.0340 e. The lowest BCUT2D eigenvalue weighted by atomic mass is 10.1. The molecule has 0 saturated heterocycles. The molecule has 0 aliphatic heterocycles. The van der Waals surface area contributed by atoms with Crippen LogP contribution in [0.1, 0.15) is 117 Å². The fourth-order valence-corrected chi connectivity index (χ4v) is 6.27. The fraction of sp³-hybridized carbons (Fsp3) is 0.625. The smallest absolute Gasteiger partial charge is 0.0340 e. The molecule has 0 heterocycles. The van der Waals surface area contributed by atoms with Crippen LogP contribution >= 0.6 is 21.6 Å². The van der Waals surface area contributed by atoms with Crippen LogP contribution in [-0.2, 0) is 0 Å². The second kappa shape index (κ2) is 21.8. The molecule has 0 aromatic heterocycles. The number of hydrogen-bond acceptors (Lipinski definition) is 4. The molecule has 0 aliphatic rings. The fourth-order valence-electron chi connectivity index (χ4n) is 4.34. The van der Waals surface area contributed by atoms with Gasteiger partial charge in [-0.05, 0) is 61.4 Å². The van der Waals surface area contributed by atoms with Crippen LogP contribution in [0.2, 0.25) is 0 Å². The molecule has 0 amide bonds. The summed E-state index contributed by atoms with van der Waals surface area (Å²) in [4.78, 5) is 2.60. The molecule has 2 nitrogen and oxygen atoms in total. The maximum atomic E-state index is 3.58. The van der Waals surface area contributed by atoms with E-state index in [0.29, 0.717) is 0 Å². The Bertz CT molecular complexity index is 680. The minimum atomic E-state index is 1.08. The van der Waals surface area contributed by atoms with Crippen molar-refractivity contribution in [3.8, 4) is 0 Å². The van der Waals surface area contributed by atoms with Gasteiger partial charge < -0.3 is 10.6 Å². The summed E-state index contributed by atoms with van der Waals surface area (Å²) in [5, 5.41) is 7.16. The molecule has 0 unspecified atom stereocenters. The summed E-state index contributed by atoms with van der Waals surface area (Å²) in [7, 11) is 3.67. The lowest BCUT2D eigenvalue weighted by Crippen LogP contribution is -2.01. The van der Waals surface area contributed by atoms with Crippen molar-refractivity contribution in [2.45, 2.75) is 126 Å². The summed E-state index contributed by atoms with van der Waals surface area (Å²) < 4.78 is 0. The predicted molar refractivity (Wildman–Crippen MR) is 167 cm³/mol. The van der Waals surface area contributed by atoms with E-state index < -0.39 is 0 Å². The van der Waals surface area contributed by atoms with Gasteiger partial charge in [-0.15, -0.1) is 0 Å². The highest BCUT2D eigenvalue weighted by atomic mass is 33.1. The number of unbranched alkanes of at least 4 members (excludes halogenated alkanes) is 14. The molecule has 0 fully saturated rings. The van der Waals surface area contributed by atoms with Crippen molar-refractivity contribution >= 4 is 33.0 Å². The van der Waals surface area contributed by atoms with Crippen LogP contribution in [0, 0.1) is 0 Å². The Morgan fingerprint density at radius 2 is 0.722 bits per heavy atom. The van der Waals surface area contributed by atoms with E-state index >= 15 is 0 Å². The Balaban J connectivity index is 1.51. The van der Waals surface area contributed by atoms with Gasteiger partial charge >= 0.3 is 0 Å². The molecule has 0 bridgehead atoms. The molecule has 4 heteroatoms. The molecule has 36 heavy (non-hydrogen) atoms. The van der Waals surface area contributed by atoms with Crippen LogP contribution in [0.5, 0.6) is 0 Å². The van der Waals surface area contributed by atoms with Gasteiger partial charge in [-0.25, -0.2) is 0 Å². The van der Waals surface area contributed by atoms with E-state index in [-0.39, 0.29) is 0 Å². The first-order valence-corrected chi connectivity index (χ1v) is 17.0. The highest BCUT2D eigenvalue weighted by Crippen LogP contribution is 2.38. The summed E-state index contributed by atoms with van der Waals surface area (Å²) in [6.07, 6.45) is 21.9. The van der Waals surface area contributed by atoms with Gasteiger partial charge in [0.25, 0.3) is 0 Å². The molecule has 0 aliphatic carbocycles. The molecule has 0 spiro atoms. The largest absolute Gasteiger partial charge is 0.385 e. The third kappa shape index (κ3) is 15.8.